The number of hydrogen-bond donors (Lipinski definition) is 1. The van der Waals surface area contributed by atoms with Crippen LogP contribution in [-0.2, 0) is 14.3 Å². The van der Waals surface area contributed by atoms with Gasteiger partial charge < -0.3 is 14.8 Å². The number of hydrogen-bond acceptors (Lipinski definition) is 4. The first-order chi connectivity index (χ1) is 6.88. The molecule has 1 fully saturated rings. The summed E-state index contributed by atoms with van der Waals surface area (Å²) >= 11 is 0. The maximum atomic E-state index is 11.3. The smallest absolute Gasteiger partial charge is 0.408 e. The first kappa shape index (κ1) is 11.8. The fourth-order valence-electron chi connectivity index (χ4n) is 1.26. The maximum absolute atomic E-state index is 11.3. The summed E-state index contributed by atoms with van der Waals surface area (Å²) in [5.41, 5.74) is -0.553. The third-order valence-corrected chi connectivity index (χ3v) is 1.86. The van der Waals surface area contributed by atoms with Gasteiger partial charge in [0.2, 0.25) is 0 Å². The van der Waals surface area contributed by atoms with Crippen LogP contribution in [0.2, 0.25) is 0 Å². The lowest BCUT2D eigenvalue weighted by molar-refractivity contribution is -0.149. The van der Waals surface area contributed by atoms with Gasteiger partial charge in [-0.05, 0) is 33.6 Å². The fourth-order valence-corrected chi connectivity index (χ4v) is 1.26. The van der Waals surface area contributed by atoms with E-state index in [0.29, 0.717) is 13.0 Å². The standard InChI is InChI=1S/C10H17NO4/c1-10(2,3)15-9(13)11-7-5-4-6-14-8(7)12/h7H,4-6H2,1-3H3,(H,11,13)/t7-/m0/s1. The van der Waals surface area contributed by atoms with Crippen molar-refractivity contribution in [2.75, 3.05) is 6.61 Å². The van der Waals surface area contributed by atoms with Crippen molar-refractivity contribution < 1.29 is 19.1 Å². The Morgan fingerprint density at radius 3 is 2.73 bits per heavy atom. The predicted octanol–water partition coefficient (Wildman–Crippen LogP) is 1.22. The summed E-state index contributed by atoms with van der Waals surface area (Å²) < 4.78 is 9.84. The Hall–Kier alpha value is -1.26. The SMILES string of the molecule is CC(C)(C)OC(=O)N[C@H]1CCCOC1=O. The number of cyclic esters (lactones) is 1. The van der Waals surface area contributed by atoms with Gasteiger partial charge in [0.25, 0.3) is 0 Å². The molecular formula is C10H17NO4. The Bertz CT molecular complexity index is 257. The van der Waals surface area contributed by atoms with Gasteiger partial charge in [-0.2, -0.15) is 0 Å². The van der Waals surface area contributed by atoms with Crippen LogP contribution in [0, 0.1) is 0 Å². The zero-order valence-electron chi connectivity index (χ0n) is 9.33. The molecule has 1 aliphatic heterocycles. The van der Waals surface area contributed by atoms with E-state index in [2.05, 4.69) is 5.32 Å². The number of carbonyl (C=O) groups is 2. The average molecular weight is 215 g/mol. The lowest BCUT2D eigenvalue weighted by Gasteiger charge is -2.24. The van der Waals surface area contributed by atoms with Crippen LogP contribution in [0.3, 0.4) is 0 Å². The minimum atomic E-state index is -0.577. The Morgan fingerprint density at radius 1 is 1.53 bits per heavy atom. The van der Waals surface area contributed by atoms with Gasteiger partial charge in [-0.25, -0.2) is 9.59 Å². The minimum Gasteiger partial charge on any atom is -0.464 e. The molecule has 86 valence electrons. The van der Waals surface area contributed by atoms with Crippen LogP contribution in [0.15, 0.2) is 0 Å². The van der Waals surface area contributed by atoms with E-state index in [1.54, 1.807) is 20.8 Å². The van der Waals surface area contributed by atoms with Crippen molar-refractivity contribution >= 4 is 12.1 Å². The van der Waals surface area contributed by atoms with Crippen molar-refractivity contribution in [2.45, 2.75) is 45.3 Å². The normalized spacial score (nSPS) is 21.8. The highest BCUT2D eigenvalue weighted by Gasteiger charge is 2.27. The van der Waals surface area contributed by atoms with Crippen molar-refractivity contribution in [3.63, 3.8) is 0 Å². The van der Waals surface area contributed by atoms with Crippen LogP contribution in [-0.4, -0.2) is 30.3 Å². The molecule has 0 saturated carbocycles. The lowest BCUT2D eigenvalue weighted by Crippen LogP contribution is -2.46. The molecule has 1 saturated heterocycles. The molecule has 5 heteroatoms. The Labute approximate surface area is 89.1 Å². The molecule has 0 aliphatic carbocycles. The van der Waals surface area contributed by atoms with Crippen molar-refractivity contribution in [3.8, 4) is 0 Å². The molecule has 0 aromatic carbocycles. The molecule has 1 rings (SSSR count). The number of alkyl carbamates (subject to hydrolysis) is 1. The van der Waals surface area contributed by atoms with Crippen molar-refractivity contribution in [3.05, 3.63) is 0 Å². The molecule has 1 amide bonds. The van der Waals surface area contributed by atoms with Gasteiger partial charge in [0.1, 0.15) is 11.6 Å². The van der Waals surface area contributed by atoms with Crippen LogP contribution >= 0.6 is 0 Å². The number of amides is 1. The number of nitrogens with one attached hydrogen (secondary N) is 1. The third kappa shape index (κ3) is 4.18. The molecule has 1 N–H and O–H groups in total. The summed E-state index contributed by atoms with van der Waals surface area (Å²) in [6.45, 7) is 5.74. The van der Waals surface area contributed by atoms with E-state index in [9.17, 15) is 9.59 Å². The van der Waals surface area contributed by atoms with Gasteiger partial charge in [0.05, 0.1) is 6.61 Å². The predicted molar refractivity (Wildman–Crippen MR) is 53.4 cm³/mol. The van der Waals surface area contributed by atoms with Crippen molar-refractivity contribution in [1.29, 1.82) is 0 Å². The minimum absolute atomic E-state index is 0.382. The molecule has 1 heterocycles. The second-order valence-electron chi connectivity index (χ2n) is 4.51. The van der Waals surface area contributed by atoms with Crippen LogP contribution in [0.25, 0.3) is 0 Å². The first-order valence-electron chi connectivity index (χ1n) is 5.04. The second kappa shape index (κ2) is 4.51. The second-order valence-corrected chi connectivity index (χ2v) is 4.51. The average Bonchev–Trinajstić information content (AvgIpc) is 2.05. The highest BCUT2D eigenvalue weighted by molar-refractivity contribution is 5.81. The highest BCUT2D eigenvalue weighted by Crippen LogP contribution is 2.10. The van der Waals surface area contributed by atoms with E-state index in [-0.39, 0.29) is 5.97 Å². The van der Waals surface area contributed by atoms with Gasteiger partial charge in [-0.15, -0.1) is 0 Å². The molecule has 1 atom stereocenters. The molecule has 0 bridgehead atoms. The van der Waals surface area contributed by atoms with Crippen LogP contribution in [0.1, 0.15) is 33.6 Å². The summed E-state index contributed by atoms with van der Waals surface area (Å²) in [6, 6.07) is -0.561. The molecule has 0 aromatic rings. The van der Waals surface area contributed by atoms with Crippen LogP contribution < -0.4 is 5.32 Å². The highest BCUT2D eigenvalue weighted by atomic mass is 16.6. The van der Waals surface area contributed by atoms with Gasteiger partial charge in [-0.1, -0.05) is 0 Å². The molecule has 5 nitrogen and oxygen atoms in total. The van der Waals surface area contributed by atoms with Crippen molar-refractivity contribution in [2.24, 2.45) is 0 Å². The van der Waals surface area contributed by atoms with Gasteiger partial charge >= 0.3 is 12.1 Å². The van der Waals surface area contributed by atoms with Gasteiger partial charge in [-0.3, -0.25) is 0 Å². The van der Waals surface area contributed by atoms with E-state index in [1.165, 1.54) is 0 Å². The van der Waals surface area contributed by atoms with Crippen LogP contribution in [0.5, 0.6) is 0 Å². The van der Waals surface area contributed by atoms with Gasteiger partial charge in [0.15, 0.2) is 0 Å². The van der Waals surface area contributed by atoms with E-state index in [0.717, 1.165) is 6.42 Å². The zero-order valence-corrected chi connectivity index (χ0v) is 9.33. The van der Waals surface area contributed by atoms with Crippen LogP contribution in [0.4, 0.5) is 4.79 Å². The molecule has 0 spiro atoms. The van der Waals surface area contributed by atoms with E-state index in [1.807, 2.05) is 0 Å². The monoisotopic (exact) mass is 215 g/mol. The number of ether oxygens (including phenoxy) is 2. The first-order valence-corrected chi connectivity index (χ1v) is 5.04. The van der Waals surface area contributed by atoms with E-state index in [4.69, 9.17) is 9.47 Å². The Balaban J connectivity index is 2.40. The van der Waals surface area contributed by atoms with Crippen molar-refractivity contribution in [1.82, 2.24) is 5.32 Å². The summed E-state index contributed by atoms with van der Waals surface area (Å²) in [4.78, 5) is 22.5. The van der Waals surface area contributed by atoms with Gasteiger partial charge in [0, 0.05) is 0 Å². The zero-order chi connectivity index (χ0) is 11.5. The lowest BCUT2D eigenvalue weighted by atomic mass is 10.1. The molecule has 15 heavy (non-hydrogen) atoms. The maximum Gasteiger partial charge on any atom is 0.408 e. The number of rotatable bonds is 1. The number of carbonyl (C=O) groups excluding carboxylic acids is 2. The number of esters is 1. The molecule has 0 aromatic heterocycles. The quantitative estimate of drug-likeness (QED) is 0.668. The van der Waals surface area contributed by atoms with E-state index < -0.39 is 17.7 Å². The topological polar surface area (TPSA) is 64.6 Å². The summed E-state index contributed by atoms with van der Waals surface area (Å²) in [6.07, 6.45) is 0.802. The summed E-state index contributed by atoms with van der Waals surface area (Å²) in [7, 11) is 0. The summed E-state index contributed by atoms with van der Waals surface area (Å²) in [5, 5.41) is 2.49. The summed E-state index contributed by atoms with van der Waals surface area (Å²) in [5.74, 6) is -0.382. The van der Waals surface area contributed by atoms with E-state index >= 15 is 0 Å². The Morgan fingerprint density at radius 2 is 2.20 bits per heavy atom. The fraction of sp³-hybridized carbons (Fsp3) is 0.800. The largest absolute Gasteiger partial charge is 0.464 e. The molecule has 0 radical (unpaired) electrons. The third-order valence-electron chi connectivity index (χ3n) is 1.86. The molecular weight excluding hydrogens is 198 g/mol. The molecule has 0 unspecified atom stereocenters. The molecule has 1 aliphatic rings. The Kier molecular flexibility index (Phi) is 3.55.